The molecule has 2 aliphatic heterocycles. The second-order valence-electron chi connectivity index (χ2n) is 9.22. The summed E-state index contributed by atoms with van der Waals surface area (Å²) in [7, 11) is 0. The van der Waals surface area contributed by atoms with E-state index in [1.165, 1.54) is 24.3 Å². The van der Waals surface area contributed by atoms with Gasteiger partial charge in [-0.15, -0.1) is 0 Å². The Kier molecular flexibility index (Phi) is 5.11. The van der Waals surface area contributed by atoms with Crippen LogP contribution in [0.2, 0.25) is 0 Å². The Morgan fingerprint density at radius 1 is 0.474 bits per heavy atom. The number of H-pyrrole nitrogens is 2. The van der Waals surface area contributed by atoms with Gasteiger partial charge in [-0.3, -0.25) is 0 Å². The lowest BCUT2D eigenvalue weighted by molar-refractivity contribution is 0.627. The quantitative estimate of drug-likeness (QED) is 0.252. The predicted octanol–water partition coefficient (Wildman–Crippen LogP) is 8.27. The number of hydrogen-bond donors (Lipinski definition) is 2. The van der Waals surface area contributed by atoms with Crippen LogP contribution in [0.25, 0.3) is 68.6 Å². The normalized spacial score (nSPS) is 12.3. The van der Waals surface area contributed by atoms with E-state index in [1.54, 1.807) is 24.3 Å². The highest BCUT2D eigenvalue weighted by Gasteiger charge is 2.13. The fourth-order valence-electron chi connectivity index (χ4n) is 4.91. The van der Waals surface area contributed by atoms with Gasteiger partial charge in [0.1, 0.15) is 11.6 Å². The van der Waals surface area contributed by atoms with Crippen LogP contribution in [-0.4, -0.2) is 19.9 Å². The molecule has 0 unspecified atom stereocenters. The van der Waals surface area contributed by atoms with Crippen molar-refractivity contribution in [3.05, 3.63) is 119 Å². The van der Waals surface area contributed by atoms with Gasteiger partial charge < -0.3 is 9.97 Å². The highest BCUT2D eigenvalue weighted by molar-refractivity contribution is 5.93. The number of nitrogens with zero attached hydrogens (tertiary/aromatic N) is 2. The van der Waals surface area contributed by atoms with Crippen molar-refractivity contribution < 1.29 is 8.78 Å². The van der Waals surface area contributed by atoms with Crippen molar-refractivity contribution in [2.45, 2.75) is 0 Å². The molecule has 5 aromatic rings. The van der Waals surface area contributed by atoms with Crippen molar-refractivity contribution in [1.82, 2.24) is 19.9 Å². The number of benzene rings is 2. The molecule has 38 heavy (non-hydrogen) atoms. The maximum absolute atomic E-state index is 13.7. The number of fused-ring (bicyclic) bond motifs is 8. The Balaban J connectivity index is 1.56. The van der Waals surface area contributed by atoms with Gasteiger partial charge in [0.25, 0.3) is 0 Å². The van der Waals surface area contributed by atoms with Crippen LogP contribution in [0.5, 0.6) is 0 Å². The molecule has 0 spiro atoms. The molecule has 182 valence electrons. The van der Waals surface area contributed by atoms with Crippen LogP contribution >= 0.6 is 0 Å². The molecule has 2 aromatic carbocycles. The third-order valence-electron chi connectivity index (χ3n) is 6.66. The highest BCUT2D eigenvalue weighted by Crippen LogP contribution is 2.32. The minimum Gasteiger partial charge on any atom is -0.355 e. The molecular formula is C32H20F2N4. The lowest BCUT2D eigenvalue weighted by atomic mass is 10.0. The molecule has 0 fully saturated rings. The van der Waals surface area contributed by atoms with E-state index in [9.17, 15) is 8.78 Å². The summed E-state index contributed by atoms with van der Waals surface area (Å²) in [4.78, 5) is 16.7. The Bertz CT molecular complexity index is 1780. The van der Waals surface area contributed by atoms with E-state index in [2.05, 4.69) is 9.97 Å². The number of halogens is 2. The summed E-state index contributed by atoms with van der Waals surface area (Å²) >= 11 is 0. The van der Waals surface area contributed by atoms with Crippen LogP contribution in [0.3, 0.4) is 0 Å². The molecule has 8 bridgehead atoms. The van der Waals surface area contributed by atoms with Crippen molar-refractivity contribution in [2.24, 2.45) is 0 Å². The van der Waals surface area contributed by atoms with E-state index in [-0.39, 0.29) is 11.6 Å². The van der Waals surface area contributed by atoms with Crippen LogP contribution in [0.15, 0.2) is 84.9 Å². The summed E-state index contributed by atoms with van der Waals surface area (Å²) in [6, 6.07) is 24.8. The number of aromatic nitrogens is 4. The lowest BCUT2D eigenvalue weighted by Gasteiger charge is -2.04. The van der Waals surface area contributed by atoms with Crippen molar-refractivity contribution >= 4 is 46.4 Å². The van der Waals surface area contributed by atoms with Crippen LogP contribution in [0.4, 0.5) is 8.78 Å². The van der Waals surface area contributed by atoms with E-state index >= 15 is 0 Å². The van der Waals surface area contributed by atoms with Crippen LogP contribution < -0.4 is 0 Å². The summed E-state index contributed by atoms with van der Waals surface area (Å²) in [5.74, 6) is -0.574. The summed E-state index contributed by atoms with van der Waals surface area (Å²) < 4.78 is 27.4. The van der Waals surface area contributed by atoms with Crippen LogP contribution in [0, 0.1) is 11.6 Å². The monoisotopic (exact) mass is 498 g/mol. The van der Waals surface area contributed by atoms with Gasteiger partial charge in [-0.25, -0.2) is 18.7 Å². The van der Waals surface area contributed by atoms with Crippen LogP contribution in [-0.2, 0) is 0 Å². The fraction of sp³-hybridized carbons (Fsp3) is 0. The molecule has 5 heterocycles. The molecule has 4 nitrogen and oxygen atoms in total. The first-order valence-corrected chi connectivity index (χ1v) is 12.2. The van der Waals surface area contributed by atoms with Gasteiger partial charge in [-0.2, -0.15) is 0 Å². The van der Waals surface area contributed by atoms with E-state index in [1.807, 2.05) is 60.7 Å². The van der Waals surface area contributed by atoms with Gasteiger partial charge in [0, 0.05) is 33.2 Å². The molecule has 0 radical (unpaired) electrons. The van der Waals surface area contributed by atoms with Crippen LogP contribution in [0.1, 0.15) is 22.8 Å². The summed E-state index contributed by atoms with van der Waals surface area (Å²) in [6.45, 7) is 0. The molecule has 0 amide bonds. The predicted molar refractivity (Wildman–Crippen MR) is 150 cm³/mol. The molecule has 2 N–H and O–H groups in total. The Morgan fingerprint density at radius 2 is 0.895 bits per heavy atom. The van der Waals surface area contributed by atoms with Gasteiger partial charge in [-0.05, 0) is 96.1 Å². The third-order valence-corrected chi connectivity index (χ3v) is 6.66. The van der Waals surface area contributed by atoms with Gasteiger partial charge in [-0.1, -0.05) is 24.3 Å². The third kappa shape index (κ3) is 4.02. The van der Waals surface area contributed by atoms with Gasteiger partial charge in [0.05, 0.1) is 22.8 Å². The second-order valence-corrected chi connectivity index (χ2v) is 9.22. The Labute approximate surface area is 216 Å². The van der Waals surface area contributed by atoms with Gasteiger partial charge in [0.2, 0.25) is 0 Å². The maximum Gasteiger partial charge on any atom is 0.123 e. The van der Waals surface area contributed by atoms with E-state index in [0.29, 0.717) is 0 Å². The fourth-order valence-corrected chi connectivity index (χ4v) is 4.91. The second kappa shape index (κ2) is 8.78. The average molecular weight is 499 g/mol. The number of nitrogens with one attached hydrogen (secondary N) is 2. The van der Waals surface area contributed by atoms with Crippen molar-refractivity contribution in [2.75, 3.05) is 0 Å². The van der Waals surface area contributed by atoms with Crippen molar-refractivity contribution in [3.8, 4) is 22.3 Å². The zero-order valence-electron chi connectivity index (χ0n) is 20.0. The average Bonchev–Trinajstić information content (AvgIpc) is 3.72. The van der Waals surface area contributed by atoms with Crippen molar-refractivity contribution in [3.63, 3.8) is 0 Å². The standard InChI is InChI=1S/C32H20F2N4/c33-21-5-1-19(2-6-21)31-27-13-9-23(35-27)17-25-11-15-29(37-25)32(20-3-7-22(34)8-4-20)30-16-12-26(38-30)18-24-10-14-28(31)36-24/h1-18,35,38H. The molecule has 2 aliphatic rings. The molecule has 0 atom stereocenters. The summed E-state index contributed by atoms with van der Waals surface area (Å²) in [5, 5.41) is 0. The van der Waals surface area contributed by atoms with E-state index in [4.69, 9.17) is 9.97 Å². The molecule has 0 aliphatic carbocycles. The Morgan fingerprint density at radius 3 is 1.32 bits per heavy atom. The van der Waals surface area contributed by atoms with Gasteiger partial charge >= 0.3 is 0 Å². The van der Waals surface area contributed by atoms with E-state index in [0.717, 1.165) is 67.1 Å². The lowest BCUT2D eigenvalue weighted by Crippen LogP contribution is -1.86. The maximum atomic E-state index is 13.7. The highest BCUT2D eigenvalue weighted by atomic mass is 19.1. The number of rotatable bonds is 2. The minimum absolute atomic E-state index is 0.287. The topological polar surface area (TPSA) is 57.4 Å². The molecule has 0 saturated heterocycles. The smallest absolute Gasteiger partial charge is 0.123 e. The van der Waals surface area contributed by atoms with E-state index < -0.39 is 0 Å². The molecule has 3 aromatic heterocycles. The minimum atomic E-state index is -0.287. The first-order valence-electron chi connectivity index (χ1n) is 12.2. The SMILES string of the molecule is Fc1ccc(-c2c3nc(cc4ccc([nH]4)c(-c4ccc(F)cc4)c4nc(cc5ccc2[nH]5)C=C4)C=C3)cc1. The summed E-state index contributed by atoms with van der Waals surface area (Å²) in [6.07, 6.45) is 7.86. The number of aromatic amines is 2. The largest absolute Gasteiger partial charge is 0.355 e. The first kappa shape index (κ1) is 22.1. The molecular weight excluding hydrogens is 478 g/mol. The van der Waals surface area contributed by atoms with Crippen molar-refractivity contribution in [1.29, 1.82) is 0 Å². The van der Waals surface area contributed by atoms with Gasteiger partial charge in [0.15, 0.2) is 0 Å². The Hall–Kier alpha value is -5.10. The molecule has 7 rings (SSSR count). The summed E-state index contributed by atoms with van der Waals surface area (Å²) in [5.41, 5.74) is 10.1. The zero-order chi connectivity index (χ0) is 25.6. The number of hydrogen-bond acceptors (Lipinski definition) is 2. The first-order chi connectivity index (χ1) is 18.6. The molecule has 6 heteroatoms. The molecule has 0 saturated carbocycles. The zero-order valence-corrected chi connectivity index (χ0v) is 20.0.